The minimum absolute atomic E-state index is 0.124. The van der Waals surface area contributed by atoms with Crippen LogP contribution in [-0.2, 0) is 13.0 Å². The molecule has 86 valence electrons. The van der Waals surface area contributed by atoms with Crippen molar-refractivity contribution >= 4 is 0 Å². The van der Waals surface area contributed by atoms with Crippen molar-refractivity contribution in [3.05, 3.63) is 18.0 Å². The number of rotatable bonds is 3. The molecular formula is C12H22N2O. The predicted molar refractivity (Wildman–Crippen MR) is 61.7 cm³/mol. The molecule has 3 heteroatoms. The minimum Gasteiger partial charge on any atom is -0.389 e. The molecule has 1 heterocycles. The maximum atomic E-state index is 10.3. The van der Waals surface area contributed by atoms with Crippen LogP contribution in [0.5, 0.6) is 0 Å². The van der Waals surface area contributed by atoms with Gasteiger partial charge in [-0.2, -0.15) is 5.10 Å². The first kappa shape index (κ1) is 12.2. The third-order valence-electron chi connectivity index (χ3n) is 3.17. The Balaban J connectivity index is 2.77. The molecule has 0 spiro atoms. The minimum atomic E-state index is -0.700. The Labute approximate surface area is 92.1 Å². The van der Waals surface area contributed by atoms with Crippen LogP contribution in [0.15, 0.2) is 12.4 Å². The van der Waals surface area contributed by atoms with Gasteiger partial charge in [-0.25, -0.2) is 0 Å². The molecule has 0 aliphatic heterocycles. The zero-order chi connectivity index (χ0) is 11.7. The van der Waals surface area contributed by atoms with Gasteiger partial charge in [-0.1, -0.05) is 20.8 Å². The highest BCUT2D eigenvalue weighted by atomic mass is 16.3. The third-order valence-corrected chi connectivity index (χ3v) is 3.17. The van der Waals surface area contributed by atoms with Crippen molar-refractivity contribution in [2.45, 2.75) is 53.2 Å². The van der Waals surface area contributed by atoms with Gasteiger partial charge >= 0.3 is 0 Å². The number of hydrogen-bond acceptors (Lipinski definition) is 2. The van der Waals surface area contributed by atoms with E-state index in [1.54, 1.807) is 0 Å². The van der Waals surface area contributed by atoms with Crippen molar-refractivity contribution in [1.82, 2.24) is 9.78 Å². The van der Waals surface area contributed by atoms with Crippen molar-refractivity contribution in [2.75, 3.05) is 0 Å². The van der Waals surface area contributed by atoms with Gasteiger partial charge in [0, 0.05) is 19.2 Å². The molecule has 1 aromatic rings. The monoisotopic (exact) mass is 210 g/mol. The molecule has 0 fully saturated rings. The van der Waals surface area contributed by atoms with Crippen molar-refractivity contribution in [3.63, 3.8) is 0 Å². The van der Waals surface area contributed by atoms with Gasteiger partial charge in [0.25, 0.3) is 0 Å². The van der Waals surface area contributed by atoms with Crippen LogP contribution in [0.2, 0.25) is 0 Å². The molecule has 3 nitrogen and oxygen atoms in total. The summed E-state index contributed by atoms with van der Waals surface area (Å²) in [5.74, 6) is 0. The lowest BCUT2D eigenvalue weighted by molar-refractivity contribution is -0.0405. The van der Waals surface area contributed by atoms with Crippen LogP contribution in [0.25, 0.3) is 0 Å². The molecule has 1 rings (SSSR count). The molecule has 0 saturated carbocycles. The van der Waals surface area contributed by atoms with Crippen LogP contribution in [0.1, 0.15) is 40.2 Å². The maximum absolute atomic E-state index is 10.3. The Morgan fingerprint density at radius 3 is 2.33 bits per heavy atom. The summed E-state index contributed by atoms with van der Waals surface area (Å²) < 4.78 is 1.88. The fraction of sp³-hybridized carbons (Fsp3) is 0.750. The van der Waals surface area contributed by atoms with E-state index in [0.29, 0.717) is 6.42 Å². The van der Waals surface area contributed by atoms with E-state index >= 15 is 0 Å². The summed E-state index contributed by atoms with van der Waals surface area (Å²) in [5, 5.41) is 14.6. The van der Waals surface area contributed by atoms with Gasteiger partial charge in [-0.3, -0.25) is 4.68 Å². The van der Waals surface area contributed by atoms with E-state index in [1.165, 1.54) is 0 Å². The van der Waals surface area contributed by atoms with E-state index in [1.807, 2.05) is 24.0 Å². The molecule has 0 bridgehead atoms. The highest BCUT2D eigenvalue weighted by Crippen LogP contribution is 2.32. The molecule has 1 aromatic heterocycles. The first-order valence-corrected chi connectivity index (χ1v) is 5.50. The highest BCUT2D eigenvalue weighted by molar-refractivity contribution is 5.09. The van der Waals surface area contributed by atoms with Crippen LogP contribution >= 0.6 is 0 Å². The third kappa shape index (κ3) is 2.81. The van der Waals surface area contributed by atoms with Crippen molar-refractivity contribution in [1.29, 1.82) is 0 Å². The van der Waals surface area contributed by atoms with Crippen LogP contribution in [0.4, 0.5) is 0 Å². The first-order valence-electron chi connectivity index (χ1n) is 5.50. The van der Waals surface area contributed by atoms with E-state index in [0.717, 1.165) is 12.1 Å². The zero-order valence-corrected chi connectivity index (χ0v) is 10.4. The summed E-state index contributed by atoms with van der Waals surface area (Å²) in [6.07, 6.45) is 4.49. The lowest BCUT2D eigenvalue weighted by atomic mass is 9.75. The standard InChI is InChI=1S/C12H22N2O/c1-6-14-9-10(8-13-14)7-12(5,15)11(2,3)4/h8-9,15H,6-7H2,1-5H3. The van der Waals surface area contributed by atoms with Crippen LogP contribution < -0.4 is 0 Å². The van der Waals surface area contributed by atoms with Crippen LogP contribution in [0, 0.1) is 5.41 Å². The second kappa shape index (κ2) is 3.97. The fourth-order valence-electron chi connectivity index (χ4n) is 1.33. The SMILES string of the molecule is CCn1cc(CC(C)(O)C(C)(C)C)cn1. The molecule has 0 saturated heterocycles. The Morgan fingerprint density at radius 1 is 1.33 bits per heavy atom. The van der Waals surface area contributed by atoms with Crippen molar-refractivity contribution in [3.8, 4) is 0 Å². The van der Waals surface area contributed by atoms with Crippen LogP contribution in [0.3, 0.4) is 0 Å². The number of aliphatic hydroxyl groups is 1. The highest BCUT2D eigenvalue weighted by Gasteiger charge is 2.35. The summed E-state index contributed by atoms with van der Waals surface area (Å²) in [7, 11) is 0. The molecule has 15 heavy (non-hydrogen) atoms. The smallest absolute Gasteiger partial charge is 0.0709 e. The van der Waals surface area contributed by atoms with E-state index in [-0.39, 0.29) is 5.41 Å². The second-order valence-electron chi connectivity index (χ2n) is 5.40. The second-order valence-corrected chi connectivity index (χ2v) is 5.40. The predicted octanol–water partition coefficient (Wildman–Crippen LogP) is 2.24. The Bertz CT molecular complexity index is 321. The molecular weight excluding hydrogens is 188 g/mol. The number of nitrogens with zero attached hydrogens (tertiary/aromatic N) is 2. The average Bonchev–Trinajstić information content (AvgIpc) is 2.49. The lowest BCUT2D eigenvalue weighted by Gasteiger charge is -2.36. The van der Waals surface area contributed by atoms with E-state index in [2.05, 4.69) is 32.8 Å². The average molecular weight is 210 g/mol. The van der Waals surface area contributed by atoms with Gasteiger partial charge < -0.3 is 5.11 Å². The normalized spacial score (nSPS) is 16.4. The van der Waals surface area contributed by atoms with E-state index in [4.69, 9.17) is 0 Å². The summed E-state index contributed by atoms with van der Waals surface area (Å²) in [4.78, 5) is 0. The molecule has 0 aliphatic carbocycles. The Hall–Kier alpha value is -0.830. The topological polar surface area (TPSA) is 38.0 Å². The first-order chi connectivity index (χ1) is 6.76. The fourth-order valence-corrected chi connectivity index (χ4v) is 1.33. The quantitative estimate of drug-likeness (QED) is 0.831. The molecule has 0 amide bonds. The van der Waals surface area contributed by atoms with Gasteiger partial charge in [0.05, 0.1) is 11.8 Å². The summed E-state index contributed by atoms with van der Waals surface area (Å²) in [6.45, 7) is 11.0. The molecule has 0 radical (unpaired) electrons. The summed E-state index contributed by atoms with van der Waals surface area (Å²) in [5.41, 5.74) is 0.271. The van der Waals surface area contributed by atoms with Gasteiger partial charge in [0.15, 0.2) is 0 Å². The number of hydrogen-bond donors (Lipinski definition) is 1. The van der Waals surface area contributed by atoms with Gasteiger partial charge in [-0.05, 0) is 24.8 Å². The van der Waals surface area contributed by atoms with Gasteiger partial charge in [-0.15, -0.1) is 0 Å². The maximum Gasteiger partial charge on any atom is 0.0709 e. The van der Waals surface area contributed by atoms with Crippen molar-refractivity contribution < 1.29 is 5.11 Å². The zero-order valence-electron chi connectivity index (χ0n) is 10.4. The molecule has 1 unspecified atom stereocenters. The van der Waals surface area contributed by atoms with Gasteiger partial charge in [0.1, 0.15) is 0 Å². The molecule has 1 N–H and O–H groups in total. The van der Waals surface area contributed by atoms with Gasteiger partial charge in [0.2, 0.25) is 0 Å². The lowest BCUT2D eigenvalue weighted by Crippen LogP contribution is -2.41. The molecule has 0 aliphatic rings. The largest absolute Gasteiger partial charge is 0.389 e. The van der Waals surface area contributed by atoms with E-state index in [9.17, 15) is 5.11 Å². The Kier molecular flexibility index (Phi) is 3.24. The van der Waals surface area contributed by atoms with Crippen molar-refractivity contribution in [2.24, 2.45) is 5.41 Å². The summed E-state index contributed by atoms with van der Waals surface area (Å²) >= 11 is 0. The number of aryl methyl sites for hydroxylation is 1. The Morgan fingerprint density at radius 2 is 1.93 bits per heavy atom. The molecule has 1 atom stereocenters. The molecule has 0 aromatic carbocycles. The van der Waals surface area contributed by atoms with E-state index < -0.39 is 5.60 Å². The summed E-state index contributed by atoms with van der Waals surface area (Å²) in [6, 6.07) is 0. The van der Waals surface area contributed by atoms with Crippen LogP contribution in [-0.4, -0.2) is 20.5 Å². The number of aromatic nitrogens is 2.